The molecule has 2 unspecified atom stereocenters. The number of fused-ring (bicyclic) bond motifs is 1. The summed E-state index contributed by atoms with van der Waals surface area (Å²) in [5.41, 5.74) is 5.97. The lowest BCUT2D eigenvalue weighted by molar-refractivity contribution is 0.0660. The standard InChI is InChI=1S/C16H18N2O3.ClH/c1-10-9-18(7-6-13(10)17)15(19)12-8-11-4-2-3-5-14(11)21-16(12)20;/h2-5,8,10,13H,6-7,9,17H2,1H3;1H. The number of halogens is 1. The van der Waals surface area contributed by atoms with Gasteiger partial charge in [0.2, 0.25) is 0 Å². The van der Waals surface area contributed by atoms with Gasteiger partial charge in [-0.2, -0.15) is 0 Å². The Kier molecular flexibility index (Phi) is 4.88. The number of carbonyl (C=O) groups excluding carboxylic acids is 1. The van der Waals surface area contributed by atoms with Gasteiger partial charge in [-0.15, -0.1) is 12.4 Å². The minimum absolute atomic E-state index is 0. The van der Waals surface area contributed by atoms with E-state index in [2.05, 4.69) is 0 Å². The van der Waals surface area contributed by atoms with E-state index < -0.39 is 5.63 Å². The first kappa shape index (κ1) is 16.5. The molecule has 0 aliphatic carbocycles. The van der Waals surface area contributed by atoms with Crippen molar-refractivity contribution in [1.29, 1.82) is 0 Å². The molecule has 118 valence electrons. The number of hydrogen-bond donors (Lipinski definition) is 1. The highest BCUT2D eigenvalue weighted by atomic mass is 35.5. The molecule has 1 aromatic heterocycles. The second kappa shape index (κ2) is 6.50. The highest BCUT2D eigenvalue weighted by Gasteiger charge is 2.28. The highest BCUT2D eigenvalue weighted by Crippen LogP contribution is 2.18. The number of benzene rings is 1. The smallest absolute Gasteiger partial charge is 0.349 e. The van der Waals surface area contributed by atoms with Crippen LogP contribution in [0.5, 0.6) is 0 Å². The van der Waals surface area contributed by atoms with Gasteiger partial charge in [-0.3, -0.25) is 4.79 Å². The van der Waals surface area contributed by atoms with E-state index in [1.165, 1.54) is 0 Å². The SMILES string of the molecule is CC1CN(C(=O)c2cc3ccccc3oc2=O)CCC1N.Cl. The summed E-state index contributed by atoms with van der Waals surface area (Å²) >= 11 is 0. The van der Waals surface area contributed by atoms with Crippen LogP contribution in [-0.2, 0) is 0 Å². The normalized spacial score (nSPS) is 21.5. The lowest BCUT2D eigenvalue weighted by atomic mass is 9.94. The molecule has 0 bridgehead atoms. The molecule has 2 aromatic rings. The van der Waals surface area contributed by atoms with Gasteiger partial charge in [-0.05, 0) is 24.5 Å². The number of amides is 1. The molecule has 3 rings (SSSR count). The number of hydrogen-bond acceptors (Lipinski definition) is 4. The Bertz CT molecular complexity index is 743. The molecule has 6 heteroatoms. The molecule has 1 aliphatic heterocycles. The zero-order chi connectivity index (χ0) is 15.0. The van der Waals surface area contributed by atoms with Crippen molar-refractivity contribution in [2.75, 3.05) is 13.1 Å². The van der Waals surface area contributed by atoms with E-state index in [1.807, 2.05) is 19.1 Å². The molecule has 22 heavy (non-hydrogen) atoms. The largest absolute Gasteiger partial charge is 0.422 e. The summed E-state index contributed by atoms with van der Waals surface area (Å²) in [6.07, 6.45) is 0.756. The molecule has 1 aromatic carbocycles. The van der Waals surface area contributed by atoms with Crippen LogP contribution >= 0.6 is 12.4 Å². The second-order valence-electron chi connectivity index (χ2n) is 5.67. The molecule has 1 saturated heterocycles. The molecule has 1 aliphatic rings. The molecule has 0 radical (unpaired) electrons. The van der Waals surface area contributed by atoms with Crippen molar-refractivity contribution in [2.24, 2.45) is 11.7 Å². The molecular formula is C16H19ClN2O3. The van der Waals surface area contributed by atoms with Crippen molar-refractivity contribution in [2.45, 2.75) is 19.4 Å². The topological polar surface area (TPSA) is 76.5 Å². The number of likely N-dealkylation sites (tertiary alicyclic amines) is 1. The summed E-state index contributed by atoms with van der Waals surface area (Å²) < 4.78 is 5.22. The van der Waals surface area contributed by atoms with E-state index in [-0.39, 0.29) is 35.8 Å². The van der Waals surface area contributed by atoms with Gasteiger partial charge in [-0.1, -0.05) is 25.1 Å². The quantitative estimate of drug-likeness (QED) is 0.815. The Morgan fingerprint density at radius 3 is 2.82 bits per heavy atom. The van der Waals surface area contributed by atoms with Crippen LogP contribution in [0.25, 0.3) is 11.0 Å². The molecule has 2 heterocycles. The van der Waals surface area contributed by atoms with Crippen molar-refractivity contribution < 1.29 is 9.21 Å². The molecule has 1 amide bonds. The third-order valence-electron chi connectivity index (χ3n) is 4.13. The number of nitrogens with two attached hydrogens (primary N) is 1. The van der Waals surface area contributed by atoms with Crippen LogP contribution in [0.2, 0.25) is 0 Å². The van der Waals surface area contributed by atoms with Crippen LogP contribution in [0.3, 0.4) is 0 Å². The maximum atomic E-state index is 12.5. The number of nitrogens with zero attached hydrogens (tertiary/aromatic N) is 1. The fourth-order valence-corrected chi connectivity index (χ4v) is 2.73. The summed E-state index contributed by atoms with van der Waals surface area (Å²) in [6, 6.07) is 8.90. The van der Waals surface area contributed by atoms with E-state index in [0.29, 0.717) is 18.7 Å². The van der Waals surface area contributed by atoms with Crippen molar-refractivity contribution in [1.82, 2.24) is 4.90 Å². The van der Waals surface area contributed by atoms with Gasteiger partial charge in [0.1, 0.15) is 11.1 Å². The van der Waals surface area contributed by atoms with Gasteiger partial charge >= 0.3 is 5.63 Å². The van der Waals surface area contributed by atoms with E-state index in [1.54, 1.807) is 23.1 Å². The minimum atomic E-state index is -0.582. The summed E-state index contributed by atoms with van der Waals surface area (Å²) in [7, 11) is 0. The number of rotatable bonds is 1. The van der Waals surface area contributed by atoms with Gasteiger partial charge in [0.05, 0.1) is 0 Å². The van der Waals surface area contributed by atoms with E-state index in [9.17, 15) is 9.59 Å². The Labute approximate surface area is 134 Å². The molecule has 1 fully saturated rings. The van der Waals surface area contributed by atoms with Crippen molar-refractivity contribution in [3.63, 3.8) is 0 Å². The van der Waals surface area contributed by atoms with E-state index >= 15 is 0 Å². The molecule has 2 N–H and O–H groups in total. The number of carbonyl (C=O) groups is 1. The zero-order valence-corrected chi connectivity index (χ0v) is 13.1. The van der Waals surface area contributed by atoms with E-state index in [0.717, 1.165) is 11.8 Å². The zero-order valence-electron chi connectivity index (χ0n) is 12.3. The third-order valence-corrected chi connectivity index (χ3v) is 4.13. The van der Waals surface area contributed by atoms with Gasteiger partial charge in [0.15, 0.2) is 0 Å². The molecular weight excluding hydrogens is 304 g/mol. The maximum absolute atomic E-state index is 12.5. The second-order valence-corrected chi connectivity index (χ2v) is 5.67. The van der Waals surface area contributed by atoms with Crippen LogP contribution in [0.1, 0.15) is 23.7 Å². The maximum Gasteiger partial charge on any atom is 0.349 e. The lowest BCUT2D eigenvalue weighted by Crippen LogP contribution is -2.48. The first-order chi connectivity index (χ1) is 10.1. The average molecular weight is 323 g/mol. The van der Waals surface area contributed by atoms with Crippen LogP contribution in [0.15, 0.2) is 39.5 Å². The monoisotopic (exact) mass is 322 g/mol. The van der Waals surface area contributed by atoms with Crippen LogP contribution < -0.4 is 11.4 Å². The Morgan fingerprint density at radius 1 is 1.36 bits per heavy atom. The summed E-state index contributed by atoms with van der Waals surface area (Å²) in [6.45, 7) is 3.18. The fraction of sp³-hybridized carbons (Fsp3) is 0.375. The number of piperidine rings is 1. The first-order valence-electron chi connectivity index (χ1n) is 7.14. The van der Waals surface area contributed by atoms with Gasteiger partial charge < -0.3 is 15.1 Å². The van der Waals surface area contributed by atoms with Crippen molar-refractivity contribution in [3.05, 3.63) is 46.3 Å². The van der Waals surface area contributed by atoms with Gasteiger partial charge in [0.25, 0.3) is 5.91 Å². The van der Waals surface area contributed by atoms with Crippen molar-refractivity contribution in [3.8, 4) is 0 Å². The minimum Gasteiger partial charge on any atom is -0.422 e. The third kappa shape index (κ3) is 3.00. The fourth-order valence-electron chi connectivity index (χ4n) is 2.73. The highest BCUT2D eigenvalue weighted by molar-refractivity contribution is 5.96. The molecule has 0 saturated carbocycles. The summed E-state index contributed by atoms with van der Waals surface area (Å²) in [4.78, 5) is 26.3. The molecule has 5 nitrogen and oxygen atoms in total. The van der Waals surface area contributed by atoms with Crippen LogP contribution in [-0.4, -0.2) is 29.9 Å². The molecule has 2 atom stereocenters. The lowest BCUT2D eigenvalue weighted by Gasteiger charge is -2.34. The Hall–Kier alpha value is -1.85. The predicted molar refractivity (Wildman–Crippen MR) is 87.4 cm³/mol. The Morgan fingerprint density at radius 2 is 2.09 bits per heavy atom. The van der Waals surface area contributed by atoms with E-state index in [4.69, 9.17) is 10.2 Å². The predicted octanol–water partition coefficient (Wildman–Crippen LogP) is 2.02. The summed E-state index contributed by atoms with van der Waals surface area (Å²) in [5.74, 6) is -0.0385. The van der Waals surface area contributed by atoms with Gasteiger partial charge in [0, 0.05) is 24.5 Å². The number of para-hydroxylation sites is 1. The first-order valence-corrected chi connectivity index (χ1v) is 7.14. The Balaban J connectivity index is 0.00000176. The van der Waals surface area contributed by atoms with Crippen molar-refractivity contribution >= 4 is 29.3 Å². The summed E-state index contributed by atoms with van der Waals surface area (Å²) in [5, 5.41) is 0.752. The average Bonchev–Trinajstić information content (AvgIpc) is 2.48. The van der Waals surface area contributed by atoms with Crippen LogP contribution in [0, 0.1) is 5.92 Å². The van der Waals surface area contributed by atoms with Gasteiger partial charge in [-0.25, -0.2) is 4.79 Å². The van der Waals surface area contributed by atoms with Crippen LogP contribution in [0.4, 0.5) is 0 Å². The molecule has 0 spiro atoms.